The van der Waals surface area contributed by atoms with Crippen LogP contribution in [0.1, 0.15) is 31.7 Å². The van der Waals surface area contributed by atoms with Gasteiger partial charge in [-0.05, 0) is 30.2 Å². The second kappa shape index (κ2) is 7.54. The van der Waals surface area contributed by atoms with Gasteiger partial charge in [0.05, 0.1) is 11.6 Å². The van der Waals surface area contributed by atoms with Crippen LogP contribution in [-0.2, 0) is 9.59 Å². The van der Waals surface area contributed by atoms with E-state index in [-0.39, 0.29) is 23.4 Å². The van der Waals surface area contributed by atoms with E-state index >= 15 is 0 Å². The number of halogens is 1. The molecular formula is C18H19FN2O2. The van der Waals surface area contributed by atoms with E-state index in [1.807, 2.05) is 37.3 Å². The van der Waals surface area contributed by atoms with Gasteiger partial charge < -0.3 is 10.6 Å². The molecule has 0 spiro atoms. The lowest BCUT2D eigenvalue weighted by Crippen LogP contribution is -2.21. The molecule has 23 heavy (non-hydrogen) atoms. The number of nitrogens with one attached hydrogen (secondary N) is 2. The van der Waals surface area contributed by atoms with Crippen LogP contribution in [-0.4, -0.2) is 11.8 Å². The molecule has 0 aliphatic carbocycles. The van der Waals surface area contributed by atoms with Crippen molar-refractivity contribution in [1.82, 2.24) is 0 Å². The molecule has 1 atom stereocenters. The third-order valence-corrected chi connectivity index (χ3v) is 3.47. The van der Waals surface area contributed by atoms with Crippen molar-refractivity contribution in [3.63, 3.8) is 0 Å². The molecule has 0 aliphatic heterocycles. The van der Waals surface area contributed by atoms with Crippen LogP contribution >= 0.6 is 0 Å². The van der Waals surface area contributed by atoms with E-state index in [1.165, 1.54) is 25.1 Å². The highest BCUT2D eigenvalue weighted by Gasteiger charge is 2.19. The second-order valence-corrected chi connectivity index (χ2v) is 5.24. The summed E-state index contributed by atoms with van der Waals surface area (Å²) in [6.45, 7) is 3.23. The molecule has 2 rings (SSSR count). The van der Waals surface area contributed by atoms with Gasteiger partial charge in [-0.15, -0.1) is 0 Å². The summed E-state index contributed by atoms with van der Waals surface area (Å²) in [4.78, 5) is 23.5. The molecule has 0 aliphatic rings. The zero-order valence-corrected chi connectivity index (χ0v) is 13.1. The van der Waals surface area contributed by atoms with Crippen LogP contribution in [0, 0.1) is 5.82 Å². The summed E-state index contributed by atoms with van der Waals surface area (Å²) in [6.07, 6.45) is 0.648. The molecule has 0 radical (unpaired) electrons. The summed E-state index contributed by atoms with van der Waals surface area (Å²) in [6, 6.07) is 13.6. The molecule has 0 bridgehead atoms. The summed E-state index contributed by atoms with van der Waals surface area (Å²) in [5, 5.41) is 5.17. The summed E-state index contributed by atoms with van der Waals surface area (Å²) in [5.41, 5.74) is 1.41. The highest BCUT2D eigenvalue weighted by Crippen LogP contribution is 2.24. The molecule has 120 valence electrons. The molecule has 2 aromatic rings. The molecule has 0 saturated heterocycles. The van der Waals surface area contributed by atoms with Gasteiger partial charge in [-0.1, -0.05) is 37.3 Å². The Morgan fingerprint density at radius 3 is 2.39 bits per heavy atom. The van der Waals surface area contributed by atoms with Crippen molar-refractivity contribution in [3.8, 4) is 0 Å². The van der Waals surface area contributed by atoms with Crippen molar-refractivity contribution in [2.24, 2.45) is 0 Å². The topological polar surface area (TPSA) is 58.2 Å². The van der Waals surface area contributed by atoms with E-state index in [0.717, 1.165) is 5.56 Å². The van der Waals surface area contributed by atoms with E-state index in [9.17, 15) is 14.0 Å². The predicted octanol–water partition coefficient (Wildman–Crippen LogP) is 3.92. The molecule has 0 fully saturated rings. The van der Waals surface area contributed by atoms with Crippen molar-refractivity contribution in [2.75, 3.05) is 10.6 Å². The monoisotopic (exact) mass is 314 g/mol. The van der Waals surface area contributed by atoms with Gasteiger partial charge in [-0.25, -0.2) is 4.39 Å². The number of carbonyl (C=O) groups is 2. The fourth-order valence-corrected chi connectivity index (χ4v) is 2.38. The van der Waals surface area contributed by atoms with E-state index in [2.05, 4.69) is 10.6 Å². The zero-order valence-electron chi connectivity index (χ0n) is 13.1. The van der Waals surface area contributed by atoms with Gasteiger partial charge in [0.15, 0.2) is 0 Å². The van der Waals surface area contributed by atoms with Crippen LogP contribution in [0.15, 0.2) is 48.5 Å². The van der Waals surface area contributed by atoms with Crippen LogP contribution < -0.4 is 10.6 Å². The highest BCUT2D eigenvalue weighted by atomic mass is 19.1. The third-order valence-electron chi connectivity index (χ3n) is 3.47. The summed E-state index contributed by atoms with van der Waals surface area (Å²) < 4.78 is 13.6. The van der Waals surface area contributed by atoms with Gasteiger partial charge in [0.2, 0.25) is 11.8 Å². The molecular weight excluding hydrogens is 295 g/mol. The van der Waals surface area contributed by atoms with E-state index < -0.39 is 5.82 Å². The molecule has 2 aromatic carbocycles. The number of amides is 2. The number of anilines is 2. The van der Waals surface area contributed by atoms with E-state index in [0.29, 0.717) is 12.1 Å². The molecule has 2 N–H and O–H groups in total. The van der Waals surface area contributed by atoms with Crippen molar-refractivity contribution in [1.29, 1.82) is 0 Å². The minimum absolute atomic E-state index is 0.0445. The van der Waals surface area contributed by atoms with Crippen molar-refractivity contribution in [2.45, 2.75) is 26.2 Å². The number of hydrogen-bond acceptors (Lipinski definition) is 2. The van der Waals surface area contributed by atoms with Crippen LogP contribution in [0.4, 0.5) is 15.8 Å². The van der Waals surface area contributed by atoms with E-state index in [1.54, 1.807) is 0 Å². The standard InChI is InChI=1S/C18H19FN2O2/c1-3-15(13-7-5-4-6-8-13)18(23)21-14-9-10-16(19)17(11-14)20-12(2)22/h4-11,15H,3H2,1-2H3,(H,20,22)(H,21,23). The number of benzene rings is 2. The Labute approximate surface area is 134 Å². The minimum Gasteiger partial charge on any atom is -0.325 e. The smallest absolute Gasteiger partial charge is 0.231 e. The van der Waals surface area contributed by atoms with Crippen molar-refractivity contribution >= 4 is 23.2 Å². The quantitative estimate of drug-likeness (QED) is 0.879. The Kier molecular flexibility index (Phi) is 5.46. The van der Waals surface area contributed by atoms with Gasteiger partial charge in [0.1, 0.15) is 5.82 Å². The minimum atomic E-state index is -0.548. The Bertz CT molecular complexity index is 701. The van der Waals surface area contributed by atoms with Crippen molar-refractivity contribution in [3.05, 3.63) is 59.9 Å². The maximum absolute atomic E-state index is 13.6. The number of carbonyl (C=O) groups excluding carboxylic acids is 2. The van der Waals surface area contributed by atoms with Crippen LogP contribution in [0.25, 0.3) is 0 Å². The Balaban J connectivity index is 2.17. The molecule has 0 heterocycles. The Morgan fingerprint density at radius 1 is 1.09 bits per heavy atom. The first-order valence-corrected chi connectivity index (χ1v) is 7.44. The average Bonchev–Trinajstić information content (AvgIpc) is 2.52. The summed E-state index contributed by atoms with van der Waals surface area (Å²) in [7, 11) is 0. The summed E-state index contributed by atoms with van der Waals surface area (Å²) >= 11 is 0. The SMILES string of the molecule is CCC(C(=O)Nc1ccc(F)c(NC(C)=O)c1)c1ccccc1. The van der Waals surface area contributed by atoms with Crippen LogP contribution in [0.5, 0.6) is 0 Å². The highest BCUT2D eigenvalue weighted by molar-refractivity contribution is 5.97. The van der Waals surface area contributed by atoms with Gasteiger partial charge >= 0.3 is 0 Å². The first-order chi connectivity index (χ1) is 11.0. The lowest BCUT2D eigenvalue weighted by atomic mass is 9.95. The fraction of sp³-hybridized carbons (Fsp3) is 0.222. The van der Waals surface area contributed by atoms with Gasteiger partial charge in [-0.3, -0.25) is 9.59 Å². The maximum atomic E-state index is 13.6. The molecule has 4 nitrogen and oxygen atoms in total. The van der Waals surface area contributed by atoms with Crippen molar-refractivity contribution < 1.29 is 14.0 Å². The molecule has 0 saturated carbocycles. The lowest BCUT2D eigenvalue weighted by Gasteiger charge is -2.16. The fourth-order valence-electron chi connectivity index (χ4n) is 2.38. The van der Waals surface area contributed by atoms with Gasteiger partial charge in [0.25, 0.3) is 0 Å². The zero-order chi connectivity index (χ0) is 16.8. The Morgan fingerprint density at radius 2 is 1.78 bits per heavy atom. The van der Waals surface area contributed by atoms with Gasteiger partial charge in [0, 0.05) is 12.6 Å². The first-order valence-electron chi connectivity index (χ1n) is 7.44. The first kappa shape index (κ1) is 16.7. The van der Waals surface area contributed by atoms with Gasteiger partial charge in [-0.2, -0.15) is 0 Å². The normalized spacial score (nSPS) is 11.6. The lowest BCUT2D eigenvalue weighted by molar-refractivity contribution is -0.117. The average molecular weight is 314 g/mol. The molecule has 2 amide bonds. The molecule has 5 heteroatoms. The second-order valence-electron chi connectivity index (χ2n) is 5.24. The maximum Gasteiger partial charge on any atom is 0.231 e. The van der Waals surface area contributed by atoms with Crippen LogP contribution in [0.2, 0.25) is 0 Å². The predicted molar refractivity (Wildman–Crippen MR) is 88.8 cm³/mol. The molecule has 0 aromatic heterocycles. The molecule has 1 unspecified atom stereocenters. The van der Waals surface area contributed by atoms with Crippen LogP contribution in [0.3, 0.4) is 0 Å². The van der Waals surface area contributed by atoms with E-state index in [4.69, 9.17) is 0 Å². The number of rotatable bonds is 5. The third kappa shape index (κ3) is 4.39. The number of hydrogen-bond donors (Lipinski definition) is 2. The summed E-state index contributed by atoms with van der Waals surface area (Å²) in [5.74, 6) is -1.37. The Hall–Kier alpha value is -2.69. The largest absolute Gasteiger partial charge is 0.325 e.